The fourth-order valence-corrected chi connectivity index (χ4v) is 0.783. The van der Waals surface area contributed by atoms with Crippen LogP contribution < -0.4 is 5.73 Å². The Bertz CT molecular complexity index is 250. The van der Waals surface area contributed by atoms with Crippen LogP contribution in [0.25, 0.3) is 0 Å². The van der Waals surface area contributed by atoms with Gasteiger partial charge in [-0.15, -0.1) is 0 Å². The van der Waals surface area contributed by atoms with Crippen molar-refractivity contribution in [2.75, 3.05) is 0 Å². The van der Waals surface area contributed by atoms with Gasteiger partial charge in [-0.2, -0.15) is 13.2 Å². The number of halogens is 3. The molecule has 0 aliphatic rings. The van der Waals surface area contributed by atoms with E-state index in [-0.39, 0.29) is 0 Å². The summed E-state index contributed by atoms with van der Waals surface area (Å²) < 4.78 is 35.9. The Morgan fingerprint density at radius 3 is 1.92 bits per heavy atom. The van der Waals surface area contributed by atoms with Gasteiger partial charge in [-0.1, -0.05) is 12.1 Å². The van der Waals surface area contributed by atoms with Crippen LogP contribution in [0.3, 0.4) is 0 Å². The molecule has 1 nitrogen and oxygen atoms in total. The molecule has 1 aromatic carbocycles. The quantitative estimate of drug-likeness (QED) is 0.693. The first kappa shape index (κ1) is 9.06. The van der Waals surface area contributed by atoms with Gasteiger partial charge in [0.15, 0.2) is 0 Å². The number of hydrogen-bond donors (Lipinski definition) is 1. The average Bonchev–Trinajstić information content (AvgIpc) is 2.03. The van der Waals surface area contributed by atoms with E-state index in [0.29, 0.717) is 5.56 Å². The Hall–Kier alpha value is -1.03. The van der Waals surface area contributed by atoms with Crippen molar-refractivity contribution in [2.45, 2.75) is 6.18 Å². The van der Waals surface area contributed by atoms with E-state index in [2.05, 4.69) is 0 Å². The summed E-state index contributed by atoms with van der Waals surface area (Å²) in [5.74, 6) is 0. The minimum Gasteiger partial charge on any atom is -0.322 e. The molecule has 0 saturated carbocycles. The van der Waals surface area contributed by atoms with Crippen LogP contribution in [-0.2, 0) is 6.18 Å². The lowest BCUT2D eigenvalue weighted by atomic mass is 10.1. The van der Waals surface area contributed by atoms with Crippen LogP contribution in [0.1, 0.15) is 11.1 Å². The predicted molar refractivity (Wildman–Crippen MR) is 39.0 cm³/mol. The summed E-state index contributed by atoms with van der Waals surface area (Å²) in [7, 11) is 0. The third-order valence-electron chi connectivity index (χ3n) is 1.43. The van der Waals surface area contributed by atoms with Crippen LogP contribution in [0.2, 0.25) is 0 Å². The van der Waals surface area contributed by atoms with Crippen molar-refractivity contribution in [1.29, 1.82) is 0 Å². The smallest absolute Gasteiger partial charge is 0.322 e. The zero-order chi connectivity index (χ0) is 9.19. The first-order valence-corrected chi connectivity index (χ1v) is 3.26. The van der Waals surface area contributed by atoms with Crippen molar-refractivity contribution < 1.29 is 13.2 Å². The van der Waals surface area contributed by atoms with Crippen molar-refractivity contribution in [3.05, 3.63) is 41.9 Å². The van der Waals surface area contributed by atoms with Crippen molar-refractivity contribution in [1.82, 2.24) is 0 Å². The van der Waals surface area contributed by atoms with E-state index in [1.807, 2.05) is 0 Å². The number of rotatable bonds is 1. The van der Waals surface area contributed by atoms with E-state index in [0.717, 1.165) is 12.1 Å². The number of hydrogen-bond acceptors (Lipinski definition) is 1. The molecule has 0 unspecified atom stereocenters. The zero-order valence-electron chi connectivity index (χ0n) is 6.10. The molecule has 4 heteroatoms. The molecule has 65 valence electrons. The van der Waals surface area contributed by atoms with Gasteiger partial charge in [0.2, 0.25) is 0 Å². The van der Waals surface area contributed by atoms with E-state index in [1.165, 1.54) is 18.7 Å². The van der Waals surface area contributed by atoms with Gasteiger partial charge in [0.1, 0.15) is 0 Å². The lowest BCUT2D eigenvalue weighted by Crippen LogP contribution is -2.04. The second-order valence-electron chi connectivity index (χ2n) is 2.29. The predicted octanol–water partition coefficient (Wildman–Crippen LogP) is 2.17. The summed E-state index contributed by atoms with van der Waals surface area (Å²) in [6, 6.07) is 4.64. The van der Waals surface area contributed by atoms with Gasteiger partial charge in [0.05, 0.1) is 5.56 Å². The van der Waals surface area contributed by atoms with Crippen LogP contribution >= 0.6 is 0 Å². The number of nitrogens with two attached hydrogens (primary N) is 1. The first-order valence-electron chi connectivity index (χ1n) is 3.26. The van der Waals surface area contributed by atoms with Crippen molar-refractivity contribution >= 4 is 0 Å². The maximum Gasteiger partial charge on any atom is 0.416 e. The summed E-state index contributed by atoms with van der Waals surface area (Å²) in [5.41, 5.74) is 5.02. The molecule has 0 fully saturated rings. The maximum absolute atomic E-state index is 12.0. The topological polar surface area (TPSA) is 26.0 Å². The Morgan fingerprint density at radius 2 is 1.58 bits per heavy atom. The van der Waals surface area contributed by atoms with E-state index >= 15 is 0 Å². The van der Waals surface area contributed by atoms with E-state index in [9.17, 15) is 13.2 Å². The molecule has 0 spiro atoms. The zero-order valence-corrected chi connectivity index (χ0v) is 6.10. The molecule has 1 rings (SSSR count). The first-order chi connectivity index (χ1) is 5.54. The standard InChI is InChI=1S/C8H7F3N/c9-8(10,11)7-3-1-6(5-12)2-4-7/h1-5H,12H2. The molecule has 1 radical (unpaired) electrons. The van der Waals surface area contributed by atoms with Gasteiger partial charge >= 0.3 is 6.18 Å². The van der Waals surface area contributed by atoms with Crippen LogP contribution in [0.15, 0.2) is 24.3 Å². The fourth-order valence-electron chi connectivity index (χ4n) is 0.783. The molecule has 0 bridgehead atoms. The summed E-state index contributed by atoms with van der Waals surface area (Å²) in [6.07, 6.45) is -4.27. The normalized spacial score (nSPS) is 11.7. The molecular weight excluding hydrogens is 167 g/mol. The molecule has 0 saturated heterocycles. The monoisotopic (exact) mass is 174 g/mol. The van der Waals surface area contributed by atoms with E-state index in [1.54, 1.807) is 0 Å². The lowest BCUT2D eigenvalue weighted by molar-refractivity contribution is -0.137. The van der Waals surface area contributed by atoms with E-state index < -0.39 is 11.7 Å². The largest absolute Gasteiger partial charge is 0.416 e. The summed E-state index contributed by atoms with van der Waals surface area (Å²) in [4.78, 5) is 0. The average molecular weight is 174 g/mol. The van der Waals surface area contributed by atoms with Gasteiger partial charge in [-0.25, -0.2) is 0 Å². The fraction of sp³-hybridized carbons (Fsp3) is 0.125. The van der Waals surface area contributed by atoms with Crippen molar-refractivity contribution in [3.63, 3.8) is 0 Å². The third-order valence-corrected chi connectivity index (χ3v) is 1.43. The molecule has 12 heavy (non-hydrogen) atoms. The van der Waals surface area contributed by atoms with Gasteiger partial charge in [0.25, 0.3) is 0 Å². The van der Waals surface area contributed by atoms with Crippen molar-refractivity contribution in [2.24, 2.45) is 5.73 Å². The van der Waals surface area contributed by atoms with Crippen LogP contribution in [0.4, 0.5) is 13.2 Å². The Balaban J connectivity index is 2.93. The molecule has 0 heterocycles. The molecule has 0 aliphatic carbocycles. The second-order valence-corrected chi connectivity index (χ2v) is 2.29. The minimum atomic E-state index is -4.27. The molecule has 0 aliphatic heterocycles. The highest BCUT2D eigenvalue weighted by Gasteiger charge is 2.29. The lowest BCUT2D eigenvalue weighted by Gasteiger charge is -2.05. The maximum atomic E-state index is 12.0. The minimum absolute atomic E-state index is 0.572. The SMILES string of the molecule is N[CH]c1ccc(C(F)(F)F)cc1. The molecule has 0 aromatic heterocycles. The molecule has 0 atom stereocenters. The highest BCUT2D eigenvalue weighted by atomic mass is 19.4. The Labute approximate surface area is 68.0 Å². The molecule has 2 N–H and O–H groups in total. The van der Waals surface area contributed by atoms with Gasteiger partial charge < -0.3 is 5.73 Å². The summed E-state index contributed by atoms with van der Waals surface area (Å²) in [5, 5.41) is 0. The van der Waals surface area contributed by atoms with Crippen LogP contribution in [-0.4, -0.2) is 0 Å². The van der Waals surface area contributed by atoms with Crippen LogP contribution in [0.5, 0.6) is 0 Å². The van der Waals surface area contributed by atoms with Gasteiger partial charge in [-0.05, 0) is 17.7 Å². The highest BCUT2D eigenvalue weighted by Crippen LogP contribution is 2.28. The summed E-state index contributed by atoms with van der Waals surface area (Å²) >= 11 is 0. The van der Waals surface area contributed by atoms with Crippen molar-refractivity contribution in [3.8, 4) is 0 Å². The molecule has 0 amide bonds. The third kappa shape index (κ3) is 1.98. The van der Waals surface area contributed by atoms with Gasteiger partial charge in [-0.3, -0.25) is 0 Å². The molecule has 1 aromatic rings. The Kier molecular flexibility index (Phi) is 2.38. The van der Waals surface area contributed by atoms with Crippen LogP contribution in [0, 0.1) is 6.54 Å². The van der Waals surface area contributed by atoms with E-state index in [4.69, 9.17) is 5.73 Å². The molecular formula is C8H7F3N. The summed E-state index contributed by atoms with van der Waals surface area (Å²) in [6.45, 7) is 1.25. The number of alkyl halides is 3. The van der Waals surface area contributed by atoms with Gasteiger partial charge in [0, 0.05) is 6.54 Å². The Morgan fingerprint density at radius 1 is 1.08 bits per heavy atom. The highest BCUT2D eigenvalue weighted by molar-refractivity contribution is 5.27. The number of benzene rings is 1. The second kappa shape index (κ2) is 3.15.